The van der Waals surface area contributed by atoms with Gasteiger partial charge in [-0.15, -0.1) is 0 Å². The molecule has 0 amide bonds. The summed E-state index contributed by atoms with van der Waals surface area (Å²) in [6, 6.07) is 54.6. The van der Waals surface area contributed by atoms with Crippen LogP contribution in [0.4, 0.5) is 0 Å². The van der Waals surface area contributed by atoms with E-state index in [9.17, 15) is 0 Å². The normalized spacial score (nSPS) is 11.3. The lowest BCUT2D eigenvalue weighted by atomic mass is 9.95. The summed E-state index contributed by atoms with van der Waals surface area (Å²) in [6.45, 7) is 0. The predicted molar refractivity (Wildman–Crippen MR) is 176 cm³/mol. The van der Waals surface area contributed by atoms with E-state index in [2.05, 4.69) is 121 Å². The fraction of sp³-hybridized carbons (Fsp3) is 0. The molecule has 0 aliphatic heterocycles. The van der Waals surface area contributed by atoms with Crippen molar-refractivity contribution in [2.75, 3.05) is 0 Å². The minimum atomic E-state index is 0.581. The number of benzene rings is 6. The van der Waals surface area contributed by atoms with E-state index >= 15 is 0 Å². The maximum atomic E-state index is 6.37. The number of furan rings is 1. The van der Waals surface area contributed by atoms with E-state index in [1.165, 1.54) is 0 Å². The zero-order valence-electron chi connectivity index (χ0n) is 23.3. The molecule has 8 rings (SSSR count). The second-order valence-corrected chi connectivity index (χ2v) is 10.7. The largest absolute Gasteiger partial charge is 0.438 e. The molecule has 0 spiro atoms. The van der Waals surface area contributed by atoms with Crippen LogP contribution in [0, 0.1) is 0 Å². The highest BCUT2D eigenvalue weighted by atomic mass is 16.3. The third-order valence-corrected chi connectivity index (χ3v) is 7.89. The van der Waals surface area contributed by atoms with Gasteiger partial charge in [0.2, 0.25) is 5.71 Å². The van der Waals surface area contributed by atoms with Crippen molar-refractivity contribution < 1.29 is 4.42 Å². The average molecular weight is 551 g/mol. The molecule has 0 radical (unpaired) electrons. The first kappa shape index (κ1) is 25.0. The maximum Gasteiger partial charge on any atom is 0.231 e. The van der Waals surface area contributed by atoms with Crippen LogP contribution < -0.4 is 0 Å². The molecule has 2 heterocycles. The number of fused-ring (bicyclic) bond motifs is 3. The molecule has 202 valence electrons. The van der Waals surface area contributed by atoms with E-state index in [1.54, 1.807) is 0 Å². The highest BCUT2D eigenvalue weighted by Gasteiger charge is 2.19. The lowest BCUT2D eigenvalue weighted by Gasteiger charge is -2.12. The Morgan fingerprint density at radius 2 is 0.860 bits per heavy atom. The van der Waals surface area contributed by atoms with Crippen molar-refractivity contribution in [3.05, 3.63) is 158 Å². The van der Waals surface area contributed by atoms with E-state index in [4.69, 9.17) is 14.4 Å². The first-order chi connectivity index (χ1) is 21.3. The van der Waals surface area contributed by atoms with Crippen LogP contribution in [-0.4, -0.2) is 9.97 Å². The molecule has 0 N–H and O–H groups in total. The number of aromatic nitrogens is 2. The lowest BCUT2D eigenvalue weighted by Crippen LogP contribution is -1.95. The number of para-hydroxylation sites is 1. The summed E-state index contributed by atoms with van der Waals surface area (Å²) in [6.07, 6.45) is 0. The molecule has 0 aliphatic rings. The first-order valence-corrected chi connectivity index (χ1v) is 14.4. The first-order valence-electron chi connectivity index (χ1n) is 14.4. The number of nitrogens with zero attached hydrogens (tertiary/aromatic N) is 2. The van der Waals surface area contributed by atoms with Crippen molar-refractivity contribution in [2.45, 2.75) is 0 Å². The van der Waals surface area contributed by atoms with Gasteiger partial charge in [-0.1, -0.05) is 127 Å². The van der Waals surface area contributed by atoms with E-state index in [1.807, 2.05) is 36.4 Å². The smallest absolute Gasteiger partial charge is 0.231 e. The van der Waals surface area contributed by atoms with E-state index in [0.717, 1.165) is 66.6 Å². The molecular weight excluding hydrogens is 524 g/mol. The third kappa shape index (κ3) is 4.67. The van der Waals surface area contributed by atoms with Crippen LogP contribution in [0.5, 0.6) is 0 Å². The van der Waals surface area contributed by atoms with Gasteiger partial charge in [-0.25, -0.2) is 4.98 Å². The van der Waals surface area contributed by atoms with Crippen molar-refractivity contribution in [1.29, 1.82) is 0 Å². The van der Waals surface area contributed by atoms with Crippen molar-refractivity contribution in [3.63, 3.8) is 0 Å². The zero-order chi connectivity index (χ0) is 28.6. The molecule has 43 heavy (non-hydrogen) atoms. The Balaban J connectivity index is 1.39. The summed E-state index contributed by atoms with van der Waals surface area (Å²) in [4.78, 5) is 10.3. The van der Waals surface area contributed by atoms with Gasteiger partial charge in [-0.3, -0.25) is 0 Å². The molecule has 0 saturated carbocycles. The summed E-state index contributed by atoms with van der Waals surface area (Å²) < 4.78 is 6.37. The minimum Gasteiger partial charge on any atom is -0.438 e. The van der Waals surface area contributed by atoms with Crippen LogP contribution in [0.3, 0.4) is 0 Å². The summed E-state index contributed by atoms with van der Waals surface area (Å²) >= 11 is 0. The van der Waals surface area contributed by atoms with Gasteiger partial charge in [0.05, 0.1) is 11.1 Å². The fourth-order valence-corrected chi connectivity index (χ4v) is 5.79. The number of hydrogen-bond acceptors (Lipinski definition) is 3. The zero-order valence-corrected chi connectivity index (χ0v) is 23.3. The molecule has 0 aliphatic carbocycles. The van der Waals surface area contributed by atoms with Crippen molar-refractivity contribution in [1.82, 2.24) is 9.97 Å². The summed E-state index contributed by atoms with van der Waals surface area (Å²) in [5.41, 5.74) is 11.0. The SMILES string of the molecule is c1ccc(-c2cc(-c3ccccc3)cc(-c3nc(-c4cccc(-c5ccccc5)c4)c4c(n3)oc3ccccc34)c2)cc1. The minimum absolute atomic E-state index is 0.581. The summed E-state index contributed by atoms with van der Waals surface area (Å²) in [7, 11) is 0. The second-order valence-electron chi connectivity index (χ2n) is 10.7. The van der Waals surface area contributed by atoms with Crippen LogP contribution >= 0.6 is 0 Å². The fourth-order valence-electron chi connectivity index (χ4n) is 5.79. The molecule has 3 nitrogen and oxygen atoms in total. The molecular formula is C40H26N2O. The van der Waals surface area contributed by atoms with Crippen LogP contribution in [0.1, 0.15) is 0 Å². The van der Waals surface area contributed by atoms with Gasteiger partial charge < -0.3 is 4.42 Å². The molecule has 8 aromatic rings. The molecule has 0 atom stereocenters. The second kappa shape index (κ2) is 10.6. The van der Waals surface area contributed by atoms with Gasteiger partial charge in [0.1, 0.15) is 5.58 Å². The molecule has 2 aromatic heterocycles. The quantitative estimate of drug-likeness (QED) is 0.214. The average Bonchev–Trinajstić information content (AvgIpc) is 3.47. The van der Waals surface area contributed by atoms with Crippen molar-refractivity contribution >= 4 is 22.1 Å². The highest BCUT2D eigenvalue weighted by molar-refractivity contribution is 6.10. The summed E-state index contributed by atoms with van der Waals surface area (Å²) in [5.74, 6) is 0.627. The molecule has 3 heteroatoms. The predicted octanol–water partition coefficient (Wildman–Crippen LogP) is 10.7. The number of rotatable bonds is 5. The Kier molecular flexibility index (Phi) is 6.12. The molecule has 0 bridgehead atoms. The number of hydrogen-bond donors (Lipinski definition) is 0. The Bertz CT molecular complexity index is 2160. The van der Waals surface area contributed by atoms with Crippen molar-refractivity contribution in [2.24, 2.45) is 0 Å². The van der Waals surface area contributed by atoms with Crippen LogP contribution in [-0.2, 0) is 0 Å². The van der Waals surface area contributed by atoms with Gasteiger partial charge >= 0.3 is 0 Å². The van der Waals surface area contributed by atoms with E-state index in [-0.39, 0.29) is 0 Å². The monoisotopic (exact) mass is 550 g/mol. The van der Waals surface area contributed by atoms with Crippen LogP contribution in [0.2, 0.25) is 0 Å². The lowest BCUT2D eigenvalue weighted by molar-refractivity contribution is 0.653. The van der Waals surface area contributed by atoms with E-state index < -0.39 is 0 Å². The molecule has 0 unspecified atom stereocenters. The maximum absolute atomic E-state index is 6.37. The van der Waals surface area contributed by atoms with Crippen LogP contribution in [0.15, 0.2) is 162 Å². The van der Waals surface area contributed by atoms with Gasteiger partial charge in [0.25, 0.3) is 0 Å². The Morgan fingerprint density at radius 3 is 1.51 bits per heavy atom. The van der Waals surface area contributed by atoms with Gasteiger partial charge in [-0.05, 0) is 63.7 Å². The van der Waals surface area contributed by atoms with Crippen LogP contribution in [0.25, 0.3) is 78.1 Å². The van der Waals surface area contributed by atoms with Crippen molar-refractivity contribution in [3.8, 4) is 56.0 Å². The molecule has 0 fully saturated rings. The highest BCUT2D eigenvalue weighted by Crippen LogP contribution is 2.39. The topological polar surface area (TPSA) is 38.9 Å². The third-order valence-electron chi connectivity index (χ3n) is 7.89. The molecule has 0 saturated heterocycles. The van der Waals surface area contributed by atoms with Gasteiger partial charge in [-0.2, -0.15) is 4.98 Å². The van der Waals surface area contributed by atoms with E-state index in [0.29, 0.717) is 11.5 Å². The van der Waals surface area contributed by atoms with Gasteiger partial charge in [0.15, 0.2) is 5.82 Å². The Hall–Kier alpha value is -5.80. The Morgan fingerprint density at radius 1 is 0.372 bits per heavy atom. The van der Waals surface area contributed by atoms with Gasteiger partial charge in [0, 0.05) is 16.5 Å². The molecule has 6 aromatic carbocycles. The Labute approximate surface area is 249 Å². The summed E-state index contributed by atoms with van der Waals surface area (Å²) in [5, 5.41) is 1.93. The standard InChI is InChI=1S/C40H26N2O/c1-4-13-27(14-5-1)30-19-12-20-31(23-30)38-37-35-21-10-11-22-36(35)43-40(37)42-39(41-38)34-25-32(28-15-6-2-7-16-28)24-33(26-34)29-17-8-3-9-18-29/h1-26H.